The van der Waals surface area contributed by atoms with E-state index < -0.39 is 10.0 Å². The second-order valence-corrected chi connectivity index (χ2v) is 9.70. The SMILES string of the molecule is Cc1nonc1C(=O)N1CCc2c(cnc(C)c2CNS(=O)(=O)c2cccs2)C1. The first-order valence-corrected chi connectivity index (χ1v) is 11.3. The fourth-order valence-corrected chi connectivity index (χ4v) is 5.39. The van der Waals surface area contributed by atoms with Crippen molar-refractivity contribution >= 4 is 27.3 Å². The van der Waals surface area contributed by atoms with Crippen molar-refractivity contribution in [2.24, 2.45) is 0 Å². The standard InChI is InChI=1S/C18H19N5O4S2/c1-11-15(9-20-29(25,26)16-4-3-7-28-16)14-5-6-23(10-13(14)8-19-11)18(24)17-12(2)21-27-22-17/h3-4,7-8,20H,5-6,9-10H2,1-2H3. The smallest absolute Gasteiger partial charge is 0.278 e. The van der Waals surface area contributed by atoms with E-state index in [1.807, 2.05) is 6.92 Å². The summed E-state index contributed by atoms with van der Waals surface area (Å²) in [5.74, 6) is -0.241. The lowest BCUT2D eigenvalue weighted by Crippen LogP contribution is -2.37. The number of hydrogen-bond donors (Lipinski definition) is 1. The van der Waals surface area contributed by atoms with Gasteiger partial charge in [-0.1, -0.05) is 11.2 Å². The van der Waals surface area contributed by atoms with Crippen molar-refractivity contribution < 1.29 is 17.8 Å². The van der Waals surface area contributed by atoms with Gasteiger partial charge in [0.15, 0.2) is 5.69 Å². The molecule has 0 unspecified atom stereocenters. The maximum Gasteiger partial charge on any atom is 0.278 e. The number of fused-ring (bicyclic) bond motifs is 1. The summed E-state index contributed by atoms with van der Waals surface area (Å²) in [6, 6.07) is 3.27. The zero-order valence-electron chi connectivity index (χ0n) is 15.9. The number of thiophene rings is 1. The van der Waals surface area contributed by atoms with E-state index in [1.165, 1.54) is 11.3 Å². The van der Waals surface area contributed by atoms with Crippen LogP contribution in [0.3, 0.4) is 0 Å². The zero-order chi connectivity index (χ0) is 20.6. The molecule has 0 bridgehead atoms. The Morgan fingerprint density at radius 1 is 1.31 bits per heavy atom. The largest absolute Gasteiger partial charge is 0.332 e. The quantitative estimate of drug-likeness (QED) is 0.652. The Hall–Kier alpha value is -2.63. The van der Waals surface area contributed by atoms with Crippen LogP contribution in [-0.4, -0.2) is 41.1 Å². The third-order valence-electron chi connectivity index (χ3n) is 4.94. The highest BCUT2D eigenvalue weighted by Gasteiger charge is 2.28. The van der Waals surface area contributed by atoms with Crippen LogP contribution in [0.5, 0.6) is 0 Å². The predicted octanol–water partition coefficient (Wildman–Crippen LogP) is 1.82. The third-order valence-corrected chi connectivity index (χ3v) is 7.74. The van der Waals surface area contributed by atoms with Gasteiger partial charge in [-0.05, 0) is 53.6 Å². The molecule has 0 saturated heterocycles. The fraction of sp³-hybridized carbons (Fsp3) is 0.333. The third kappa shape index (κ3) is 3.80. The molecule has 0 fully saturated rings. The number of hydrogen-bond acceptors (Lipinski definition) is 8. The first-order valence-electron chi connectivity index (χ1n) is 8.94. The van der Waals surface area contributed by atoms with Crippen molar-refractivity contribution in [3.05, 3.63) is 57.5 Å². The van der Waals surface area contributed by atoms with Gasteiger partial charge in [-0.3, -0.25) is 9.78 Å². The number of sulfonamides is 1. The van der Waals surface area contributed by atoms with Crippen LogP contribution >= 0.6 is 11.3 Å². The molecule has 0 saturated carbocycles. The highest BCUT2D eigenvalue weighted by Crippen LogP contribution is 2.26. The molecule has 4 rings (SSSR count). The number of carbonyl (C=O) groups is 1. The topological polar surface area (TPSA) is 118 Å². The summed E-state index contributed by atoms with van der Waals surface area (Å²) in [4.78, 5) is 18.8. The lowest BCUT2D eigenvalue weighted by atomic mass is 9.95. The highest BCUT2D eigenvalue weighted by molar-refractivity contribution is 7.91. The number of aryl methyl sites for hydroxylation is 2. The lowest BCUT2D eigenvalue weighted by Gasteiger charge is -2.30. The minimum Gasteiger partial charge on any atom is -0.332 e. The summed E-state index contributed by atoms with van der Waals surface area (Å²) in [5.41, 5.74) is 4.21. The maximum absolute atomic E-state index is 12.7. The van der Waals surface area contributed by atoms with Crippen LogP contribution in [0.15, 0.2) is 32.5 Å². The summed E-state index contributed by atoms with van der Waals surface area (Å²) in [6.07, 6.45) is 2.35. The van der Waals surface area contributed by atoms with Crippen molar-refractivity contribution in [1.82, 2.24) is 24.9 Å². The van der Waals surface area contributed by atoms with E-state index >= 15 is 0 Å². The average Bonchev–Trinajstić information content (AvgIpc) is 3.38. The number of carbonyl (C=O) groups excluding carboxylic acids is 1. The van der Waals surface area contributed by atoms with Gasteiger partial charge in [-0.25, -0.2) is 17.8 Å². The first kappa shape index (κ1) is 19.7. The second-order valence-electron chi connectivity index (χ2n) is 6.76. The van der Waals surface area contributed by atoms with Crippen molar-refractivity contribution in [3.8, 4) is 0 Å². The van der Waals surface area contributed by atoms with Gasteiger partial charge < -0.3 is 4.90 Å². The maximum atomic E-state index is 12.7. The molecule has 4 heterocycles. The van der Waals surface area contributed by atoms with Crippen LogP contribution < -0.4 is 4.72 Å². The van der Waals surface area contributed by atoms with Crippen LogP contribution in [0.1, 0.15) is 38.6 Å². The molecule has 1 aliphatic rings. The molecule has 0 spiro atoms. The molecule has 29 heavy (non-hydrogen) atoms. The molecule has 11 heteroatoms. The Morgan fingerprint density at radius 3 is 2.83 bits per heavy atom. The second kappa shape index (κ2) is 7.65. The molecule has 0 aliphatic carbocycles. The van der Waals surface area contributed by atoms with Gasteiger partial charge in [0.1, 0.15) is 9.90 Å². The first-order chi connectivity index (χ1) is 13.9. The number of amides is 1. The Balaban J connectivity index is 1.55. The fourth-order valence-electron chi connectivity index (χ4n) is 3.36. The minimum atomic E-state index is -3.57. The molecule has 0 radical (unpaired) electrons. The van der Waals surface area contributed by atoms with Gasteiger partial charge in [0.25, 0.3) is 5.91 Å². The molecular weight excluding hydrogens is 414 g/mol. The molecule has 1 amide bonds. The Morgan fingerprint density at radius 2 is 2.14 bits per heavy atom. The predicted molar refractivity (Wildman–Crippen MR) is 105 cm³/mol. The van der Waals surface area contributed by atoms with Crippen molar-refractivity contribution in [1.29, 1.82) is 0 Å². The molecule has 1 N–H and O–H groups in total. The van der Waals surface area contributed by atoms with Crippen LogP contribution in [0.4, 0.5) is 0 Å². The van der Waals surface area contributed by atoms with Crippen LogP contribution in [-0.2, 0) is 29.5 Å². The van der Waals surface area contributed by atoms with E-state index in [0.717, 1.165) is 22.4 Å². The molecule has 0 atom stereocenters. The molecule has 9 nitrogen and oxygen atoms in total. The van der Waals surface area contributed by atoms with Gasteiger partial charge in [0.05, 0.1) is 0 Å². The lowest BCUT2D eigenvalue weighted by molar-refractivity contribution is 0.0722. The minimum absolute atomic E-state index is 0.155. The molecule has 1 aliphatic heterocycles. The summed E-state index contributed by atoms with van der Waals surface area (Å²) >= 11 is 1.17. The van der Waals surface area contributed by atoms with Crippen LogP contribution in [0.25, 0.3) is 0 Å². The monoisotopic (exact) mass is 433 g/mol. The van der Waals surface area contributed by atoms with Gasteiger partial charge in [0.2, 0.25) is 10.0 Å². The number of pyridine rings is 1. The van der Waals surface area contributed by atoms with Crippen LogP contribution in [0, 0.1) is 13.8 Å². The normalized spacial score (nSPS) is 14.1. The van der Waals surface area contributed by atoms with Gasteiger partial charge >= 0.3 is 0 Å². The highest BCUT2D eigenvalue weighted by atomic mass is 32.2. The van der Waals surface area contributed by atoms with E-state index in [0.29, 0.717) is 25.2 Å². The van der Waals surface area contributed by atoms with Gasteiger partial charge in [0, 0.05) is 31.5 Å². The number of nitrogens with zero attached hydrogens (tertiary/aromatic N) is 4. The Kier molecular flexibility index (Phi) is 5.19. The number of nitrogens with one attached hydrogen (secondary N) is 1. The molecule has 0 aromatic carbocycles. The van der Waals surface area contributed by atoms with Crippen molar-refractivity contribution in [2.45, 2.75) is 37.6 Å². The van der Waals surface area contributed by atoms with E-state index in [-0.39, 0.29) is 22.4 Å². The number of rotatable bonds is 5. The van der Waals surface area contributed by atoms with Crippen molar-refractivity contribution in [3.63, 3.8) is 0 Å². The average molecular weight is 434 g/mol. The van der Waals surface area contributed by atoms with Gasteiger partial charge in [-0.15, -0.1) is 11.3 Å². The summed E-state index contributed by atoms with van der Waals surface area (Å²) in [6.45, 7) is 4.55. The summed E-state index contributed by atoms with van der Waals surface area (Å²) in [7, 11) is -3.57. The molecule has 3 aromatic rings. The molecule has 152 valence electrons. The van der Waals surface area contributed by atoms with Crippen LogP contribution in [0.2, 0.25) is 0 Å². The summed E-state index contributed by atoms with van der Waals surface area (Å²) in [5, 5.41) is 9.08. The van der Waals surface area contributed by atoms with E-state index in [9.17, 15) is 13.2 Å². The van der Waals surface area contributed by atoms with E-state index in [1.54, 1.807) is 35.5 Å². The Labute approximate surface area is 171 Å². The summed E-state index contributed by atoms with van der Waals surface area (Å²) < 4.78 is 32.5. The molecule has 3 aromatic heterocycles. The van der Waals surface area contributed by atoms with E-state index in [2.05, 4.69) is 24.6 Å². The molecular formula is C18H19N5O4S2. The number of aromatic nitrogens is 3. The van der Waals surface area contributed by atoms with E-state index in [4.69, 9.17) is 0 Å². The van der Waals surface area contributed by atoms with Gasteiger partial charge in [-0.2, -0.15) is 0 Å². The Bertz CT molecular complexity index is 1160. The zero-order valence-corrected chi connectivity index (χ0v) is 17.5. The van der Waals surface area contributed by atoms with Crippen molar-refractivity contribution in [2.75, 3.05) is 6.54 Å².